The number of hydrogen-bond acceptors (Lipinski definition) is 6. The van der Waals surface area contributed by atoms with Gasteiger partial charge in [-0.25, -0.2) is 9.59 Å². The van der Waals surface area contributed by atoms with Gasteiger partial charge in [-0.2, -0.15) is 0 Å². The molecular weight excluding hydrogens is 494 g/mol. The number of fused-ring (bicyclic) bond motifs is 1. The summed E-state index contributed by atoms with van der Waals surface area (Å²) < 4.78 is 5.47. The predicted molar refractivity (Wildman–Crippen MR) is 153 cm³/mol. The molecule has 1 fully saturated rings. The number of amides is 3. The lowest BCUT2D eigenvalue weighted by Crippen LogP contribution is -2.57. The highest BCUT2D eigenvalue weighted by atomic mass is 16.7. The van der Waals surface area contributed by atoms with E-state index in [0.717, 1.165) is 39.3 Å². The smallest absolute Gasteiger partial charge is 0.436 e. The molecule has 1 saturated heterocycles. The Morgan fingerprint density at radius 1 is 0.949 bits per heavy atom. The molecular formula is C30H37N5O4. The highest BCUT2D eigenvalue weighted by Crippen LogP contribution is 2.22. The van der Waals surface area contributed by atoms with Crippen molar-refractivity contribution in [3.63, 3.8) is 0 Å². The maximum Gasteiger partial charge on any atom is 0.436 e. The molecule has 0 aromatic heterocycles. The molecule has 0 bridgehead atoms. The van der Waals surface area contributed by atoms with E-state index in [4.69, 9.17) is 9.57 Å². The molecule has 1 N–H and O–H groups in total. The normalized spacial score (nSPS) is 14.4. The number of carbonyl (C=O) groups excluding carboxylic acids is 2. The zero-order valence-corrected chi connectivity index (χ0v) is 23.1. The zero-order chi connectivity index (χ0) is 27.8. The SMILES string of the molecule is COc1ccccc1CN1CCN(C(=O)N(OC(=O)NC=NCc2cccc3ccccc23)C(C)(C)C)CC1. The highest BCUT2D eigenvalue weighted by molar-refractivity contribution is 5.86. The number of nitrogens with one attached hydrogen (secondary N) is 1. The minimum Gasteiger partial charge on any atom is -0.496 e. The van der Waals surface area contributed by atoms with Crippen molar-refractivity contribution in [2.24, 2.45) is 4.99 Å². The number of carbonyl (C=O) groups is 2. The van der Waals surface area contributed by atoms with Crippen LogP contribution in [0.2, 0.25) is 0 Å². The maximum atomic E-state index is 13.4. The van der Waals surface area contributed by atoms with Gasteiger partial charge in [-0.05, 0) is 43.2 Å². The van der Waals surface area contributed by atoms with Gasteiger partial charge in [-0.15, -0.1) is 5.06 Å². The monoisotopic (exact) mass is 531 g/mol. The molecule has 0 atom stereocenters. The molecule has 9 nitrogen and oxygen atoms in total. The van der Waals surface area contributed by atoms with Gasteiger partial charge in [0.2, 0.25) is 0 Å². The van der Waals surface area contributed by atoms with Crippen LogP contribution in [0, 0.1) is 0 Å². The van der Waals surface area contributed by atoms with Crippen LogP contribution in [0.1, 0.15) is 31.9 Å². The van der Waals surface area contributed by atoms with Crippen LogP contribution in [-0.4, -0.2) is 72.2 Å². The number of urea groups is 1. The Morgan fingerprint density at radius 2 is 1.62 bits per heavy atom. The standard InChI is InChI=1S/C30H37N5O4/c1-30(2,3)35(29(37)34-18-16-33(17-19-34)21-25-11-6-8-15-27(25)38-4)39-28(36)32-22-31-20-24-13-9-12-23-10-5-7-14-26(23)24/h5-15,22H,16-21H2,1-4H3,(H,31,32,36). The number of para-hydroxylation sites is 1. The summed E-state index contributed by atoms with van der Waals surface area (Å²) in [6.07, 6.45) is 0.543. The number of piperazine rings is 1. The van der Waals surface area contributed by atoms with Crippen molar-refractivity contribution in [1.82, 2.24) is 20.2 Å². The van der Waals surface area contributed by atoms with Gasteiger partial charge in [0.25, 0.3) is 0 Å². The molecule has 3 amide bonds. The fourth-order valence-electron chi connectivity index (χ4n) is 4.55. The van der Waals surface area contributed by atoms with E-state index in [1.165, 1.54) is 6.34 Å². The van der Waals surface area contributed by atoms with Gasteiger partial charge in [0.1, 0.15) is 5.75 Å². The second-order valence-electron chi connectivity index (χ2n) is 10.5. The second kappa shape index (κ2) is 12.6. The Bertz CT molecular complexity index is 1310. The molecule has 39 heavy (non-hydrogen) atoms. The summed E-state index contributed by atoms with van der Waals surface area (Å²) >= 11 is 0. The first kappa shape index (κ1) is 27.9. The third-order valence-electron chi connectivity index (χ3n) is 6.60. The average molecular weight is 532 g/mol. The molecule has 0 spiro atoms. The minimum absolute atomic E-state index is 0.345. The van der Waals surface area contributed by atoms with Crippen LogP contribution in [0.15, 0.2) is 71.7 Å². The van der Waals surface area contributed by atoms with Crippen molar-refractivity contribution < 1.29 is 19.2 Å². The van der Waals surface area contributed by atoms with Crippen LogP contribution in [0.4, 0.5) is 9.59 Å². The Hall–Kier alpha value is -4.11. The minimum atomic E-state index is -0.769. The van der Waals surface area contributed by atoms with Gasteiger partial charge < -0.3 is 14.5 Å². The van der Waals surface area contributed by atoms with Crippen molar-refractivity contribution in [2.75, 3.05) is 33.3 Å². The topological polar surface area (TPSA) is 86.7 Å². The van der Waals surface area contributed by atoms with Crippen LogP contribution < -0.4 is 10.1 Å². The molecule has 0 saturated carbocycles. The Morgan fingerprint density at radius 3 is 2.36 bits per heavy atom. The summed E-state index contributed by atoms with van der Waals surface area (Å²) in [4.78, 5) is 39.7. The summed E-state index contributed by atoms with van der Waals surface area (Å²) in [5.41, 5.74) is 1.43. The first-order valence-electron chi connectivity index (χ1n) is 13.1. The average Bonchev–Trinajstić information content (AvgIpc) is 2.94. The van der Waals surface area contributed by atoms with E-state index in [2.05, 4.69) is 33.4 Å². The van der Waals surface area contributed by atoms with Crippen molar-refractivity contribution >= 4 is 29.2 Å². The number of ether oxygens (including phenoxy) is 1. The van der Waals surface area contributed by atoms with Crippen molar-refractivity contribution in [2.45, 2.75) is 39.4 Å². The summed E-state index contributed by atoms with van der Waals surface area (Å²) in [6.45, 7) is 9.08. The zero-order valence-electron chi connectivity index (χ0n) is 23.1. The molecule has 3 aromatic rings. The molecule has 0 aliphatic carbocycles. The third-order valence-corrected chi connectivity index (χ3v) is 6.60. The van der Waals surface area contributed by atoms with Gasteiger partial charge in [0, 0.05) is 38.3 Å². The number of aliphatic imine (C=N–C) groups is 1. The summed E-state index contributed by atoms with van der Waals surface area (Å²) in [6, 6.07) is 21.7. The Labute approximate surface area is 230 Å². The van der Waals surface area contributed by atoms with Crippen LogP contribution in [0.25, 0.3) is 10.8 Å². The van der Waals surface area contributed by atoms with Gasteiger partial charge in [0.15, 0.2) is 0 Å². The van der Waals surface area contributed by atoms with Gasteiger partial charge >= 0.3 is 12.1 Å². The van der Waals surface area contributed by atoms with E-state index >= 15 is 0 Å². The van der Waals surface area contributed by atoms with E-state index in [9.17, 15) is 9.59 Å². The van der Waals surface area contributed by atoms with Crippen molar-refractivity contribution in [3.8, 4) is 5.75 Å². The first-order valence-corrected chi connectivity index (χ1v) is 13.1. The fraction of sp³-hybridized carbons (Fsp3) is 0.367. The predicted octanol–water partition coefficient (Wildman–Crippen LogP) is 5.06. The van der Waals surface area contributed by atoms with Crippen LogP contribution >= 0.6 is 0 Å². The summed E-state index contributed by atoms with van der Waals surface area (Å²) in [7, 11) is 1.67. The van der Waals surface area contributed by atoms with Crippen LogP contribution in [-0.2, 0) is 17.9 Å². The van der Waals surface area contributed by atoms with E-state index in [0.29, 0.717) is 32.7 Å². The molecule has 1 aliphatic heterocycles. The lowest BCUT2D eigenvalue weighted by molar-refractivity contribution is -0.123. The summed E-state index contributed by atoms with van der Waals surface area (Å²) in [5.74, 6) is 0.856. The molecule has 1 heterocycles. The molecule has 3 aromatic carbocycles. The number of hydroxylamine groups is 2. The lowest BCUT2D eigenvalue weighted by atomic mass is 10.1. The van der Waals surface area contributed by atoms with E-state index in [1.807, 2.05) is 69.3 Å². The molecule has 0 unspecified atom stereocenters. The van der Waals surface area contributed by atoms with Crippen molar-refractivity contribution in [1.29, 1.82) is 0 Å². The molecule has 0 radical (unpaired) electrons. The van der Waals surface area contributed by atoms with E-state index < -0.39 is 11.6 Å². The number of hydrogen-bond donors (Lipinski definition) is 1. The highest BCUT2D eigenvalue weighted by Gasteiger charge is 2.35. The molecule has 4 rings (SSSR count). The Kier molecular flexibility index (Phi) is 9.03. The quantitative estimate of drug-likeness (QED) is 0.273. The number of nitrogens with zero attached hydrogens (tertiary/aromatic N) is 4. The lowest BCUT2D eigenvalue weighted by Gasteiger charge is -2.40. The molecule has 206 valence electrons. The van der Waals surface area contributed by atoms with Gasteiger partial charge in [-0.3, -0.25) is 15.2 Å². The Balaban J connectivity index is 1.30. The third kappa shape index (κ3) is 7.26. The fourth-order valence-corrected chi connectivity index (χ4v) is 4.55. The largest absolute Gasteiger partial charge is 0.496 e. The van der Waals surface area contributed by atoms with Crippen LogP contribution in [0.3, 0.4) is 0 Å². The van der Waals surface area contributed by atoms with Crippen LogP contribution in [0.5, 0.6) is 5.75 Å². The van der Waals surface area contributed by atoms with Crippen molar-refractivity contribution in [3.05, 3.63) is 77.9 Å². The number of methoxy groups -OCH3 is 1. The maximum absolute atomic E-state index is 13.4. The van der Waals surface area contributed by atoms with E-state index in [-0.39, 0.29) is 6.03 Å². The first-order chi connectivity index (χ1) is 18.8. The van der Waals surface area contributed by atoms with E-state index in [1.54, 1.807) is 12.0 Å². The molecule has 1 aliphatic rings. The second-order valence-corrected chi connectivity index (χ2v) is 10.5. The molecule has 9 heteroatoms. The number of benzene rings is 3. The summed E-state index contributed by atoms with van der Waals surface area (Å²) in [5, 5.41) is 5.91. The van der Waals surface area contributed by atoms with Gasteiger partial charge in [0.05, 0.1) is 25.5 Å². The van der Waals surface area contributed by atoms with Gasteiger partial charge in [-0.1, -0.05) is 60.7 Å². The number of rotatable bonds is 6.